The Bertz CT molecular complexity index is 805. The van der Waals surface area contributed by atoms with Crippen LogP contribution in [0.15, 0.2) is 30.3 Å². The molecule has 0 amide bonds. The highest BCUT2D eigenvalue weighted by molar-refractivity contribution is 6.31. The van der Waals surface area contributed by atoms with Gasteiger partial charge in [0.15, 0.2) is 0 Å². The van der Waals surface area contributed by atoms with E-state index >= 15 is 0 Å². The molecule has 1 fully saturated rings. The zero-order valence-electron chi connectivity index (χ0n) is 19.1. The van der Waals surface area contributed by atoms with Crippen molar-refractivity contribution in [2.24, 2.45) is 0 Å². The highest BCUT2D eigenvalue weighted by Gasteiger charge is 2.17. The third-order valence-corrected chi connectivity index (χ3v) is 6.52. The van der Waals surface area contributed by atoms with Crippen LogP contribution in [-0.2, 0) is 0 Å². The van der Waals surface area contributed by atoms with Crippen LogP contribution in [0.1, 0.15) is 47.9 Å². The highest BCUT2D eigenvalue weighted by Crippen LogP contribution is 2.25. The van der Waals surface area contributed by atoms with Crippen LogP contribution < -0.4 is 9.64 Å². The Labute approximate surface area is 188 Å². The van der Waals surface area contributed by atoms with Crippen LogP contribution in [0.25, 0.3) is 0 Å². The summed E-state index contributed by atoms with van der Waals surface area (Å²) in [7, 11) is 0. The van der Waals surface area contributed by atoms with Gasteiger partial charge in [-0.1, -0.05) is 48.2 Å². The molecule has 0 aromatic heterocycles. The predicted molar refractivity (Wildman–Crippen MR) is 129 cm³/mol. The quantitative estimate of drug-likeness (QED) is 0.433. The minimum absolute atomic E-state index is 0.822. The van der Waals surface area contributed by atoms with Gasteiger partial charge in [-0.2, -0.15) is 0 Å². The molecule has 0 N–H and O–H groups in total. The van der Waals surface area contributed by atoms with Gasteiger partial charge < -0.3 is 9.64 Å². The summed E-state index contributed by atoms with van der Waals surface area (Å²) in [5.41, 5.74) is 6.21. The molecule has 1 saturated heterocycles. The second kappa shape index (κ2) is 11.1. The summed E-state index contributed by atoms with van der Waals surface area (Å²) in [6.07, 6.45) is 4.93. The van der Waals surface area contributed by atoms with Crippen LogP contribution in [0.2, 0.25) is 5.02 Å². The van der Waals surface area contributed by atoms with E-state index in [1.54, 1.807) is 0 Å². The Morgan fingerprint density at radius 2 is 1.47 bits per heavy atom. The predicted octanol–water partition coefficient (Wildman–Crippen LogP) is 6.34. The van der Waals surface area contributed by atoms with Gasteiger partial charge >= 0.3 is 0 Å². The van der Waals surface area contributed by atoms with Crippen LogP contribution in [0.3, 0.4) is 0 Å². The third kappa shape index (κ3) is 6.39. The first-order valence-corrected chi connectivity index (χ1v) is 11.8. The van der Waals surface area contributed by atoms with Crippen molar-refractivity contribution in [2.45, 2.75) is 53.4 Å². The molecule has 4 heteroatoms. The number of hydrogen-bond acceptors (Lipinski definition) is 3. The van der Waals surface area contributed by atoms with Gasteiger partial charge in [-0.3, -0.25) is 4.90 Å². The summed E-state index contributed by atoms with van der Waals surface area (Å²) in [5.74, 6) is 1.08. The summed E-state index contributed by atoms with van der Waals surface area (Å²) in [6, 6.07) is 10.8. The molecule has 1 aliphatic heterocycles. The van der Waals surface area contributed by atoms with Gasteiger partial charge in [-0.25, -0.2) is 0 Å². The lowest BCUT2D eigenvalue weighted by molar-refractivity contribution is 0.249. The largest absolute Gasteiger partial charge is 0.493 e. The summed E-state index contributed by atoms with van der Waals surface area (Å²) >= 11 is 6.29. The van der Waals surface area contributed by atoms with E-state index in [9.17, 15) is 0 Å². The van der Waals surface area contributed by atoms with Crippen molar-refractivity contribution in [2.75, 3.05) is 44.2 Å². The van der Waals surface area contributed by atoms with Crippen molar-refractivity contribution in [3.8, 4) is 5.75 Å². The fraction of sp³-hybridized carbons (Fsp3) is 0.538. The van der Waals surface area contributed by atoms with Crippen molar-refractivity contribution < 1.29 is 4.74 Å². The minimum atomic E-state index is 0.822. The number of rotatable bonds is 9. The fourth-order valence-electron chi connectivity index (χ4n) is 4.37. The standard InChI is InChI=1S/C26H37ClN2O/c1-20-17-22(3)26(23(4)18-20)30-16-8-6-5-7-11-28-12-14-29(15-13-28)24-10-9-21(2)25(27)19-24/h9-10,17-19H,5-8,11-16H2,1-4H3. The van der Waals surface area contributed by atoms with E-state index in [-0.39, 0.29) is 0 Å². The Hall–Kier alpha value is -1.71. The van der Waals surface area contributed by atoms with Gasteiger partial charge in [0, 0.05) is 36.9 Å². The third-order valence-electron chi connectivity index (χ3n) is 6.11. The molecule has 0 saturated carbocycles. The van der Waals surface area contributed by atoms with Crippen molar-refractivity contribution >= 4 is 17.3 Å². The van der Waals surface area contributed by atoms with Gasteiger partial charge in [0.05, 0.1) is 6.61 Å². The molecule has 0 unspecified atom stereocenters. The molecule has 0 spiro atoms. The molecule has 30 heavy (non-hydrogen) atoms. The maximum atomic E-state index is 6.29. The van der Waals surface area contributed by atoms with Crippen LogP contribution in [0.4, 0.5) is 5.69 Å². The van der Waals surface area contributed by atoms with E-state index < -0.39 is 0 Å². The van der Waals surface area contributed by atoms with E-state index in [1.807, 2.05) is 0 Å². The number of nitrogens with zero attached hydrogens (tertiary/aromatic N) is 2. The van der Waals surface area contributed by atoms with Crippen LogP contribution in [-0.4, -0.2) is 44.2 Å². The summed E-state index contributed by atoms with van der Waals surface area (Å²) < 4.78 is 6.06. The lowest BCUT2D eigenvalue weighted by atomic mass is 10.1. The molecule has 164 valence electrons. The molecule has 1 heterocycles. The number of ether oxygens (including phenoxy) is 1. The molecule has 1 aliphatic rings. The molecule has 3 nitrogen and oxygen atoms in total. The van der Waals surface area contributed by atoms with Gasteiger partial charge in [0.25, 0.3) is 0 Å². The molecule has 0 atom stereocenters. The van der Waals surface area contributed by atoms with E-state index in [2.05, 4.69) is 67.8 Å². The van der Waals surface area contributed by atoms with Crippen LogP contribution in [0.5, 0.6) is 5.75 Å². The normalized spacial score (nSPS) is 14.9. The SMILES string of the molecule is Cc1cc(C)c(OCCCCCCN2CCN(c3ccc(C)c(Cl)c3)CC2)c(C)c1. The number of piperazine rings is 1. The molecule has 0 aliphatic carbocycles. The van der Waals surface area contributed by atoms with Crippen molar-refractivity contribution in [3.05, 3.63) is 57.6 Å². The maximum absolute atomic E-state index is 6.29. The smallest absolute Gasteiger partial charge is 0.125 e. The Balaban J connectivity index is 1.28. The Morgan fingerprint density at radius 1 is 0.800 bits per heavy atom. The first-order chi connectivity index (χ1) is 14.4. The van der Waals surface area contributed by atoms with Gasteiger partial charge in [-0.05, 0) is 75.9 Å². The highest BCUT2D eigenvalue weighted by atomic mass is 35.5. The molecular formula is C26H37ClN2O. The number of halogens is 1. The van der Waals surface area contributed by atoms with Gasteiger partial charge in [0.1, 0.15) is 5.75 Å². The Kier molecular flexibility index (Phi) is 8.47. The van der Waals surface area contributed by atoms with Crippen molar-refractivity contribution in [1.82, 2.24) is 4.90 Å². The number of unbranched alkanes of at least 4 members (excludes halogenated alkanes) is 3. The van der Waals surface area contributed by atoms with Gasteiger partial charge in [0.2, 0.25) is 0 Å². The summed E-state index contributed by atoms with van der Waals surface area (Å²) in [4.78, 5) is 5.05. The number of aryl methyl sites for hydroxylation is 4. The van der Waals surface area contributed by atoms with Crippen molar-refractivity contribution in [3.63, 3.8) is 0 Å². The molecule has 2 aromatic carbocycles. The molecule has 2 aromatic rings. The zero-order chi connectivity index (χ0) is 21.5. The first-order valence-electron chi connectivity index (χ1n) is 11.4. The molecular weight excluding hydrogens is 392 g/mol. The average molecular weight is 429 g/mol. The topological polar surface area (TPSA) is 15.7 Å². The second-order valence-corrected chi connectivity index (χ2v) is 9.16. The molecule has 0 bridgehead atoms. The minimum Gasteiger partial charge on any atom is -0.493 e. The number of anilines is 1. The number of hydrogen-bond donors (Lipinski definition) is 0. The number of benzene rings is 2. The monoisotopic (exact) mass is 428 g/mol. The van der Waals surface area contributed by atoms with E-state index in [0.29, 0.717) is 0 Å². The first kappa shape index (κ1) is 23.0. The summed E-state index contributed by atoms with van der Waals surface area (Å²) in [5, 5.41) is 0.867. The molecule has 3 rings (SSSR count). The van der Waals surface area contributed by atoms with E-state index in [1.165, 1.54) is 48.2 Å². The van der Waals surface area contributed by atoms with E-state index in [4.69, 9.17) is 16.3 Å². The van der Waals surface area contributed by atoms with E-state index in [0.717, 1.165) is 55.5 Å². The van der Waals surface area contributed by atoms with Crippen molar-refractivity contribution in [1.29, 1.82) is 0 Å². The zero-order valence-corrected chi connectivity index (χ0v) is 19.9. The van der Waals surface area contributed by atoms with Crippen LogP contribution in [0, 0.1) is 27.7 Å². The fourth-order valence-corrected chi connectivity index (χ4v) is 4.54. The average Bonchev–Trinajstić information content (AvgIpc) is 2.71. The van der Waals surface area contributed by atoms with Crippen LogP contribution >= 0.6 is 11.6 Å². The Morgan fingerprint density at radius 3 is 2.13 bits per heavy atom. The maximum Gasteiger partial charge on any atom is 0.125 e. The second-order valence-electron chi connectivity index (χ2n) is 8.75. The lowest BCUT2D eigenvalue weighted by Gasteiger charge is -2.36. The van der Waals surface area contributed by atoms with Gasteiger partial charge in [-0.15, -0.1) is 0 Å². The lowest BCUT2D eigenvalue weighted by Crippen LogP contribution is -2.46. The summed E-state index contributed by atoms with van der Waals surface area (Å²) in [6.45, 7) is 15.0. The molecule has 0 radical (unpaired) electrons.